The molecule has 0 aliphatic carbocycles. The summed E-state index contributed by atoms with van der Waals surface area (Å²) in [6.45, 7) is 11.1. The molecule has 8 nitrogen and oxygen atoms in total. The van der Waals surface area contributed by atoms with Gasteiger partial charge < -0.3 is 24.4 Å². The molecule has 222 valence electrons. The molecular formula is C34H41N3O5. The molecule has 2 heterocycles. The molecule has 2 amide bonds. The number of carbonyl (C=O) groups excluding carboxylic acids is 2. The quantitative estimate of drug-likeness (QED) is 0.366. The third kappa shape index (κ3) is 5.95. The van der Waals surface area contributed by atoms with Crippen molar-refractivity contribution >= 4 is 17.5 Å². The van der Waals surface area contributed by atoms with Crippen molar-refractivity contribution in [2.75, 3.05) is 38.2 Å². The summed E-state index contributed by atoms with van der Waals surface area (Å²) < 4.78 is 11.7. The van der Waals surface area contributed by atoms with E-state index in [1.165, 1.54) is 0 Å². The second-order valence-electron chi connectivity index (χ2n) is 11.4. The zero-order chi connectivity index (χ0) is 30.0. The van der Waals surface area contributed by atoms with E-state index in [-0.39, 0.29) is 36.1 Å². The molecule has 1 fully saturated rings. The van der Waals surface area contributed by atoms with E-state index in [4.69, 9.17) is 9.47 Å². The Hall–Kier alpha value is -4.04. The van der Waals surface area contributed by atoms with Gasteiger partial charge >= 0.3 is 0 Å². The smallest absolute Gasteiger partial charge is 0.237 e. The molecule has 0 aromatic heterocycles. The first-order valence-corrected chi connectivity index (χ1v) is 14.8. The Labute approximate surface area is 248 Å². The van der Waals surface area contributed by atoms with Gasteiger partial charge in [-0.25, -0.2) is 0 Å². The number of piperazine rings is 1. The Morgan fingerprint density at radius 1 is 0.929 bits per heavy atom. The van der Waals surface area contributed by atoms with E-state index >= 15 is 0 Å². The number of carbonyl (C=O) groups is 2. The largest absolute Gasteiger partial charge is 0.508 e. The standard InChI is InChI=1S/C34H41N3O5/c1-6-15-35-16-17-36(33(40)21-35)23(4)24-7-11-27(12-8-24)37-32(39)19-26-18-30(41-5)31(42-22(2)3)20-29(26)34(37)25-9-13-28(38)14-10-25/h7-14,18,20,22-23,34,38H,6,15-17,19,21H2,1-5H3. The number of fused-ring (bicyclic) bond motifs is 1. The fraction of sp³-hybridized carbons (Fsp3) is 0.412. The number of rotatable bonds is 9. The number of hydrogen-bond acceptors (Lipinski definition) is 6. The minimum atomic E-state index is -0.432. The van der Waals surface area contributed by atoms with Crippen LogP contribution in [0.25, 0.3) is 0 Å². The summed E-state index contributed by atoms with van der Waals surface area (Å²) >= 11 is 0. The Balaban J connectivity index is 1.49. The average Bonchev–Trinajstić information content (AvgIpc) is 2.97. The van der Waals surface area contributed by atoms with Crippen LogP contribution in [0.2, 0.25) is 0 Å². The van der Waals surface area contributed by atoms with Gasteiger partial charge in [0.15, 0.2) is 11.5 Å². The van der Waals surface area contributed by atoms with Crippen LogP contribution in [0.15, 0.2) is 60.7 Å². The lowest BCUT2D eigenvalue weighted by atomic mass is 9.86. The molecule has 2 unspecified atom stereocenters. The fourth-order valence-electron chi connectivity index (χ4n) is 6.09. The van der Waals surface area contributed by atoms with E-state index in [0.717, 1.165) is 47.5 Å². The van der Waals surface area contributed by atoms with Crippen LogP contribution in [0.4, 0.5) is 5.69 Å². The zero-order valence-corrected chi connectivity index (χ0v) is 25.2. The molecule has 3 aromatic rings. The van der Waals surface area contributed by atoms with Gasteiger partial charge in [-0.15, -0.1) is 0 Å². The third-order valence-electron chi connectivity index (χ3n) is 8.16. The number of amides is 2. The first kappa shape index (κ1) is 29.5. The predicted molar refractivity (Wildman–Crippen MR) is 163 cm³/mol. The van der Waals surface area contributed by atoms with Gasteiger partial charge in [-0.1, -0.05) is 31.2 Å². The maximum Gasteiger partial charge on any atom is 0.237 e. The first-order valence-electron chi connectivity index (χ1n) is 14.8. The van der Waals surface area contributed by atoms with E-state index < -0.39 is 6.04 Å². The van der Waals surface area contributed by atoms with Crippen molar-refractivity contribution in [3.05, 3.63) is 82.9 Å². The second-order valence-corrected chi connectivity index (χ2v) is 11.4. The SMILES string of the molecule is CCCN1CCN(C(C)c2ccc(N3C(=O)Cc4cc(OC)c(OC(C)C)cc4C3c3ccc(O)cc3)cc2)C(=O)C1. The number of benzene rings is 3. The molecule has 2 atom stereocenters. The lowest BCUT2D eigenvalue weighted by Gasteiger charge is -2.39. The monoisotopic (exact) mass is 571 g/mol. The predicted octanol–water partition coefficient (Wildman–Crippen LogP) is 5.48. The molecule has 0 bridgehead atoms. The Kier molecular flexibility index (Phi) is 8.73. The van der Waals surface area contributed by atoms with Gasteiger partial charge in [0.25, 0.3) is 0 Å². The van der Waals surface area contributed by atoms with Crippen LogP contribution in [-0.2, 0) is 16.0 Å². The number of anilines is 1. The van der Waals surface area contributed by atoms with Gasteiger partial charge in [-0.2, -0.15) is 0 Å². The molecular weight excluding hydrogens is 530 g/mol. The molecule has 5 rings (SSSR count). The van der Waals surface area contributed by atoms with E-state index in [9.17, 15) is 14.7 Å². The molecule has 2 aliphatic rings. The van der Waals surface area contributed by atoms with Crippen molar-refractivity contribution in [2.24, 2.45) is 0 Å². The van der Waals surface area contributed by atoms with E-state index in [0.29, 0.717) is 24.6 Å². The van der Waals surface area contributed by atoms with Crippen molar-refractivity contribution in [1.82, 2.24) is 9.80 Å². The highest BCUT2D eigenvalue weighted by Crippen LogP contribution is 2.44. The molecule has 1 saturated heterocycles. The summed E-state index contributed by atoms with van der Waals surface area (Å²) in [5.74, 6) is 1.49. The molecule has 0 spiro atoms. The van der Waals surface area contributed by atoms with E-state index in [1.807, 2.05) is 72.2 Å². The number of phenolic OH excluding ortho intramolecular Hbond substituents is 1. The zero-order valence-electron chi connectivity index (χ0n) is 25.2. The van der Waals surface area contributed by atoms with Crippen molar-refractivity contribution in [3.63, 3.8) is 0 Å². The van der Waals surface area contributed by atoms with Crippen molar-refractivity contribution in [2.45, 2.75) is 58.7 Å². The van der Waals surface area contributed by atoms with Gasteiger partial charge in [0.2, 0.25) is 11.8 Å². The Morgan fingerprint density at radius 2 is 1.64 bits per heavy atom. The van der Waals surface area contributed by atoms with Crippen molar-refractivity contribution in [1.29, 1.82) is 0 Å². The topological polar surface area (TPSA) is 82.6 Å². The summed E-state index contributed by atoms with van der Waals surface area (Å²) in [5.41, 5.74) is 4.49. The number of ether oxygens (including phenoxy) is 2. The third-order valence-corrected chi connectivity index (χ3v) is 8.16. The summed E-state index contributed by atoms with van der Waals surface area (Å²) in [6.07, 6.45) is 1.20. The Bertz CT molecular complexity index is 1420. The van der Waals surface area contributed by atoms with Crippen LogP contribution in [0.5, 0.6) is 17.2 Å². The molecule has 1 N–H and O–H groups in total. The fourth-order valence-corrected chi connectivity index (χ4v) is 6.09. The summed E-state index contributed by atoms with van der Waals surface area (Å²) in [7, 11) is 1.60. The maximum absolute atomic E-state index is 13.8. The second kappa shape index (κ2) is 12.4. The lowest BCUT2D eigenvalue weighted by Crippen LogP contribution is -2.51. The van der Waals surface area contributed by atoms with E-state index in [1.54, 1.807) is 19.2 Å². The number of hydrogen-bond donors (Lipinski definition) is 1. The lowest BCUT2D eigenvalue weighted by molar-refractivity contribution is -0.138. The number of phenols is 1. The van der Waals surface area contributed by atoms with Crippen LogP contribution >= 0.6 is 0 Å². The van der Waals surface area contributed by atoms with Gasteiger partial charge in [-0.3, -0.25) is 14.5 Å². The van der Waals surface area contributed by atoms with Crippen LogP contribution < -0.4 is 14.4 Å². The molecule has 42 heavy (non-hydrogen) atoms. The Morgan fingerprint density at radius 3 is 2.26 bits per heavy atom. The number of nitrogens with zero attached hydrogens (tertiary/aromatic N) is 3. The molecule has 0 radical (unpaired) electrons. The van der Waals surface area contributed by atoms with Crippen LogP contribution in [0, 0.1) is 0 Å². The normalized spacial score (nSPS) is 18.3. The van der Waals surface area contributed by atoms with Gasteiger partial charge in [0.05, 0.1) is 38.3 Å². The van der Waals surface area contributed by atoms with Crippen molar-refractivity contribution < 1.29 is 24.2 Å². The summed E-state index contributed by atoms with van der Waals surface area (Å²) in [5, 5.41) is 10.00. The number of methoxy groups -OCH3 is 1. The van der Waals surface area contributed by atoms with Crippen LogP contribution in [-0.4, -0.2) is 66.1 Å². The van der Waals surface area contributed by atoms with Gasteiger partial charge in [0.1, 0.15) is 5.75 Å². The van der Waals surface area contributed by atoms with Gasteiger partial charge in [0, 0.05) is 18.8 Å². The molecule has 8 heteroatoms. The van der Waals surface area contributed by atoms with Crippen molar-refractivity contribution in [3.8, 4) is 17.2 Å². The summed E-state index contributed by atoms with van der Waals surface area (Å²) in [4.78, 5) is 32.7. The first-order chi connectivity index (χ1) is 20.2. The minimum Gasteiger partial charge on any atom is -0.508 e. The van der Waals surface area contributed by atoms with Crippen LogP contribution in [0.1, 0.15) is 68.5 Å². The minimum absolute atomic E-state index is 0.0387. The highest BCUT2D eigenvalue weighted by atomic mass is 16.5. The van der Waals surface area contributed by atoms with Crippen LogP contribution in [0.3, 0.4) is 0 Å². The molecule has 0 saturated carbocycles. The highest BCUT2D eigenvalue weighted by Gasteiger charge is 2.36. The average molecular weight is 572 g/mol. The van der Waals surface area contributed by atoms with Gasteiger partial charge in [-0.05, 0) is 92.4 Å². The molecule has 3 aromatic carbocycles. The summed E-state index contributed by atoms with van der Waals surface area (Å²) in [6, 6.07) is 18.3. The molecule has 2 aliphatic heterocycles. The highest BCUT2D eigenvalue weighted by molar-refractivity contribution is 5.98. The number of aromatic hydroxyl groups is 1. The maximum atomic E-state index is 13.8. The van der Waals surface area contributed by atoms with E-state index in [2.05, 4.69) is 18.7 Å².